The minimum Gasteiger partial charge on any atom is -0.314 e. The van der Waals surface area contributed by atoms with Gasteiger partial charge in [0, 0.05) is 24.7 Å². The van der Waals surface area contributed by atoms with Crippen LogP contribution in [0.25, 0.3) is 0 Å². The fraction of sp³-hybridized carbons (Fsp3) is 1.00. The number of piperidine rings is 1. The highest BCUT2D eigenvalue weighted by molar-refractivity contribution is 4.98. The largest absolute Gasteiger partial charge is 0.314 e. The molecular weight excluding hydrogens is 220 g/mol. The summed E-state index contributed by atoms with van der Waals surface area (Å²) in [4.78, 5) is 2.90. The zero-order chi connectivity index (χ0) is 12.4. The molecule has 0 radical (unpaired) electrons. The zero-order valence-electron chi connectivity index (χ0n) is 12.0. The zero-order valence-corrected chi connectivity index (χ0v) is 12.0. The molecule has 2 unspecified atom stereocenters. The predicted molar refractivity (Wildman–Crippen MR) is 76.8 cm³/mol. The van der Waals surface area contributed by atoms with E-state index in [9.17, 15) is 0 Å². The molecule has 1 aliphatic carbocycles. The standard InChI is InChI=1S/C16H30N2/c1-2-9-17-14-10-15-7-8-16(11-14)18(15)12-13-5-3-4-6-13/h13-17H,2-12H2,1H3. The Labute approximate surface area is 113 Å². The van der Waals surface area contributed by atoms with Gasteiger partial charge in [-0.25, -0.2) is 0 Å². The summed E-state index contributed by atoms with van der Waals surface area (Å²) in [7, 11) is 0. The number of nitrogens with one attached hydrogen (secondary N) is 1. The molecule has 18 heavy (non-hydrogen) atoms. The van der Waals surface area contributed by atoms with E-state index in [0.717, 1.165) is 24.0 Å². The third-order valence-electron chi connectivity index (χ3n) is 5.51. The molecule has 2 saturated heterocycles. The third-order valence-corrected chi connectivity index (χ3v) is 5.51. The normalized spacial score (nSPS) is 37.5. The van der Waals surface area contributed by atoms with E-state index in [2.05, 4.69) is 17.1 Å². The second-order valence-corrected chi connectivity index (χ2v) is 6.85. The van der Waals surface area contributed by atoms with E-state index in [1.807, 2.05) is 0 Å². The van der Waals surface area contributed by atoms with Crippen LogP contribution < -0.4 is 5.32 Å². The SMILES string of the molecule is CCCNC1CC2CCC(C1)N2CC1CCCC1. The van der Waals surface area contributed by atoms with Crippen LogP contribution in [0.5, 0.6) is 0 Å². The van der Waals surface area contributed by atoms with Crippen molar-refractivity contribution in [2.75, 3.05) is 13.1 Å². The van der Waals surface area contributed by atoms with E-state index in [0.29, 0.717) is 0 Å². The molecule has 0 aromatic heterocycles. The molecule has 104 valence electrons. The highest BCUT2D eigenvalue weighted by Gasteiger charge is 2.41. The fourth-order valence-electron chi connectivity index (χ4n) is 4.58. The molecular formula is C16H30N2. The minimum absolute atomic E-state index is 0.822. The lowest BCUT2D eigenvalue weighted by Gasteiger charge is -2.40. The van der Waals surface area contributed by atoms with Gasteiger partial charge in [0.25, 0.3) is 0 Å². The van der Waals surface area contributed by atoms with Gasteiger partial charge in [-0.15, -0.1) is 0 Å². The molecule has 3 aliphatic rings. The van der Waals surface area contributed by atoms with E-state index in [4.69, 9.17) is 0 Å². The summed E-state index contributed by atoms with van der Waals surface area (Å²) in [5, 5.41) is 3.76. The summed E-state index contributed by atoms with van der Waals surface area (Å²) in [6.07, 6.45) is 13.1. The topological polar surface area (TPSA) is 15.3 Å². The van der Waals surface area contributed by atoms with Gasteiger partial charge in [0.2, 0.25) is 0 Å². The average Bonchev–Trinajstić information content (AvgIpc) is 2.95. The molecule has 2 aliphatic heterocycles. The minimum atomic E-state index is 0.822. The van der Waals surface area contributed by atoms with E-state index >= 15 is 0 Å². The second kappa shape index (κ2) is 5.92. The Bertz CT molecular complexity index is 246. The van der Waals surface area contributed by atoms with Gasteiger partial charge >= 0.3 is 0 Å². The van der Waals surface area contributed by atoms with Gasteiger partial charge in [-0.1, -0.05) is 19.8 Å². The van der Waals surface area contributed by atoms with E-state index in [1.54, 1.807) is 0 Å². The van der Waals surface area contributed by atoms with Crippen molar-refractivity contribution in [2.45, 2.75) is 82.8 Å². The molecule has 0 spiro atoms. The molecule has 2 heteroatoms. The number of rotatable bonds is 5. The van der Waals surface area contributed by atoms with Crippen LogP contribution in [-0.2, 0) is 0 Å². The Morgan fingerprint density at radius 2 is 1.67 bits per heavy atom. The maximum atomic E-state index is 3.76. The fourth-order valence-corrected chi connectivity index (χ4v) is 4.58. The van der Waals surface area contributed by atoms with Crippen LogP contribution in [0.15, 0.2) is 0 Å². The lowest BCUT2D eigenvalue weighted by atomic mass is 9.95. The van der Waals surface area contributed by atoms with Crippen LogP contribution in [0.3, 0.4) is 0 Å². The Morgan fingerprint density at radius 1 is 1.00 bits per heavy atom. The summed E-state index contributed by atoms with van der Waals surface area (Å²) in [5.74, 6) is 1.04. The summed E-state index contributed by atoms with van der Waals surface area (Å²) < 4.78 is 0. The second-order valence-electron chi connectivity index (χ2n) is 6.85. The Hall–Kier alpha value is -0.0800. The molecule has 2 nitrogen and oxygen atoms in total. The molecule has 0 amide bonds. The third kappa shape index (κ3) is 2.75. The van der Waals surface area contributed by atoms with E-state index in [-0.39, 0.29) is 0 Å². The van der Waals surface area contributed by atoms with Crippen molar-refractivity contribution in [1.29, 1.82) is 0 Å². The van der Waals surface area contributed by atoms with Gasteiger partial charge in [0.1, 0.15) is 0 Å². The smallest absolute Gasteiger partial charge is 0.0114 e. The summed E-state index contributed by atoms with van der Waals surface area (Å²) in [6, 6.07) is 2.65. The quantitative estimate of drug-likeness (QED) is 0.806. The van der Waals surface area contributed by atoms with Crippen LogP contribution >= 0.6 is 0 Å². The Kier molecular flexibility index (Phi) is 4.25. The van der Waals surface area contributed by atoms with Gasteiger partial charge in [-0.05, 0) is 57.4 Å². The van der Waals surface area contributed by atoms with Crippen LogP contribution in [0.2, 0.25) is 0 Å². The molecule has 2 bridgehead atoms. The average molecular weight is 250 g/mol. The van der Waals surface area contributed by atoms with Crippen molar-refractivity contribution in [3.63, 3.8) is 0 Å². The number of nitrogens with zero attached hydrogens (tertiary/aromatic N) is 1. The van der Waals surface area contributed by atoms with Crippen molar-refractivity contribution >= 4 is 0 Å². The molecule has 3 fully saturated rings. The highest BCUT2D eigenvalue weighted by atomic mass is 15.2. The van der Waals surface area contributed by atoms with Crippen molar-refractivity contribution in [3.8, 4) is 0 Å². The van der Waals surface area contributed by atoms with Crippen molar-refractivity contribution < 1.29 is 0 Å². The summed E-state index contributed by atoms with van der Waals surface area (Å²) in [5.41, 5.74) is 0. The number of hydrogen-bond acceptors (Lipinski definition) is 2. The van der Waals surface area contributed by atoms with Crippen LogP contribution in [0.1, 0.15) is 64.7 Å². The first kappa shape index (κ1) is 12.9. The maximum Gasteiger partial charge on any atom is 0.0114 e. The molecule has 0 aromatic rings. The van der Waals surface area contributed by atoms with E-state index in [1.165, 1.54) is 70.9 Å². The number of hydrogen-bond donors (Lipinski definition) is 1. The van der Waals surface area contributed by atoms with Gasteiger partial charge in [0.05, 0.1) is 0 Å². The summed E-state index contributed by atoms with van der Waals surface area (Å²) in [6.45, 7) is 4.92. The lowest BCUT2D eigenvalue weighted by molar-refractivity contribution is 0.0985. The van der Waals surface area contributed by atoms with Gasteiger partial charge in [-0.3, -0.25) is 4.90 Å². The highest BCUT2D eigenvalue weighted by Crippen LogP contribution is 2.38. The van der Waals surface area contributed by atoms with Crippen molar-refractivity contribution in [1.82, 2.24) is 10.2 Å². The molecule has 3 rings (SSSR count). The van der Waals surface area contributed by atoms with Gasteiger partial charge in [0.15, 0.2) is 0 Å². The Morgan fingerprint density at radius 3 is 2.28 bits per heavy atom. The molecule has 2 heterocycles. The molecule has 2 atom stereocenters. The van der Waals surface area contributed by atoms with Crippen LogP contribution in [0.4, 0.5) is 0 Å². The first-order valence-electron chi connectivity index (χ1n) is 8.36. The van der Waals surface area contributed by atoms with Gasteiger partial charge < -0.3 is 5.32 Å². The Balaban J connectivity index is 1.52. The monoisotopic (exact) mass is 250 g/mol. The predicted octanol–water partition coefficient (Wildman–Crippen LogP) is 3.17. The molecule has 0 aromatic carbocycles. The summed E-state index contributed by atoms with van der Waals surface area (Å²) >= 11 is 0. The first-order valence-corrected chi connectivity index (χ1v) is 8.36. The van der Waals surface area contributed by atoms with Crippen molar-refractivity contribution in [3.05, 3.63) is 0 Å². The van der Waals surface area contributed by atoms with Crippen molar-refractivity contribution in [2.24, 2.45) is 5.92 Å². The number of fused-ring (bicyclic) bond motifs is 2. The molecule has 1 saturated carbocycles. The molecule has 1 N–H and O–H groups in total. The lowest BCUT2D eigenvalue weighted by Crippen LogP contribution is -2.50. The van der Waals surface area contributed by atoms with Crippen LogP contribution in [0, 0.1) is 5.92 Å². The van der Waals surface area contributed by atoms with E-state index < -0.39 is 0 Å². The van der Waals surface area contributed by atoms with Gasteiger partial charge in [-0.2, -0.15) is 0 Å². The maximum absolute atomic E-state index is 3.76. The first-order chi connectivity index (χ1) is 8.86. The van der Waals surface area contributed by atoms with Crippen LogP contribution in [-0.4, -0.2) is 36.1 Å².